The van der Waals surface area contributed by atoms with Crippen LogP contribution in [0.1, 0.15) is 21.5 Å². The van der Waals surface area contributed by atoms with E-state index in [0.29, 0.717) is 11.3 Å². The van der Waals surface area contributed by atoms with Gasteiger partial charge in [-0.3, -0.25) is 4.79 Å². The van der Waals surface area contributed by atoms with E-state index in [0.717, 1.165) is 21.6 Å². The minimum absolute atomic E-state index is 0.168. The van der Waals surface area contributed by atoms with E-state index in [1.807, 2.05) is 50.2 Å². The molecule has 1 heterocycles. The van der Waals surface area contributed by atoms with Crippen molar-refractivity contribution in [2.45, 2.75) is 13.8 Å². The van der Waals surface area contributed by atoms with Crippen LogP contribution >= 0.6 is 11.3 Å². The molecule has 0 unspecified atom stereocenters. The lowest BCUT2D eigenvalue weighted by Gasteiger charge is -2.17. The fourth-order valence-electron chi connectivity index (χ4n) is 2.69. The summed E-state index contributed by atoms with van der Waals surface area (Å²) in [7, 11) is 1.61. The number of hydrogen-bond donors (Lipinski definition) is 1. The van der Waals surface area contributed by atoms with Gasteiger partial charge in [-0.05, 0) is 37.6 Å². The third-order valence-corrected chi connectivity index (χ3v) is 5.18. The summed E-state index contributed by atoms with van der Waals surface area (Å²) in [6.45, 7) is 3.93. The Morgan fingerprint density at radius 1 is 1.00 bits per heavy atom. The van der Waals surface area contributed by atoms with Crippen LogP contribution in [0, 0.1) is 13.8 Å². The Hall–Kier alpha value is -3.12. The number of anilines is 1. The Morgan fingerprint density at radius 3 is 2.33 bits per heavy atom. The van der Waals surface area contributed by atoms with Gasteiger partial charge in [0, 0.05) is 17.5 Å². The Kier molecular flexibility index (Phi) is 5.28. The quantitative estimate of drug-likeness (QED) is 0.617. The van der Waals surface area contributed by atoms with Gasteiger partial charge in [-0.25, -0.2) is 4.79 Å². The summed E-state index contributed by atoms with van der Waals surface area (Å²) in [6, 6.07) is 16.9. The van der Waals surface area contributed by atoms with Crippen molar-refractivity contribution >= 4 is 29.1 Å². The monoisotopic (exact) mass is 381 g/mol. The molecule has 3 rings (SSSR count). The number of amides is 1. The second-order valence-electron chi connectivity index (χ2n) is 6.25. The van der Waals surface area contributed by atoms with Crippen molar-refractivity contribution in [2.24, 2.45) is 0 Å². The van der Waals surface area contributed by atoms with Gasteiger partial charge >= 0.3 is 6.16 Å². The number of carboxylic acid groups (broad SMARTS) is 1. The van der Waals surface area contributed by atoms with Crippen LogP contribution in [-0.2, 0) is 0 Å². The van der Waals surface area contributed by atoms with Gasteiger partial charge in [0.2, 0.25) is 5.06 Å². The molecule has 0 aliphatic rings. The van der Waals surface area contributed by atoms with Gasteiger partial charge in [0.05, 0.1) is 5.69 Å². The molecular formula is C21H19NO4S. The maximum Gasteiger partial charge on any atom is 0.512 e. The van der Waals surface area contributed by atoms with E-state index in [-0.39, 0.29) is 11.0 Å². The van der Waals surface area contributed by atoms with Gasteiger partial charge in [-0.15, -0.1) is 0 Å². The number of thiophene rings is 1. The van der Waals surface area contributed by atoms with E-state index in [1.165, 1.54) is 16.2 Å². The Balaban J connectivity index is 2.00. The van der Waals surface area contributed by atoms with Crippen LogP contribution in [0.4, 0.5) is 10.5 Å². The lowest BCUT2D eigenvalue weighted by Crippen LogP contribution is -2.26. The molecule has 0 fully saturated rings. The molecule has 0 aliphatic carbocycles. The van der Waals surface area contributed by atoms with Crippen molar-refractivity contribution in [2.75, 3.05) is 11.9 Å². The fraction of sp³-hybridized carbons (Fsp3) is 0.143. The molecule has 6 heteroatoms. The molecule has 27 heavy (non-hydrogen) atoms. The predicted octanol–water partition coefficient (Wildman–Crippen LogP) is 5.37. The van der Waals surface area contributed by atoms with Crippen LogP contribution in [0.3, 0.4) is 0 Å². The minimum atomic E-state index is -1.41. The van der Waals surface area contributed by atoms with Gasteiger partial charge in [0.15, 0.2) is 0 Å². The topological polar surface area (TPSA) is 66.8 Å². The van der Waals surface area contributed by atoms with Crippen molar-refractivity contribution < 1.29 is 19.4 Å². The third kappa shape index (κ3) is 4.17. The zero-order valence-corrected chi connectivity index (χ0v) is 16.0. The molecule has 0 saturated carbocycles. The SMILES string of the molecule is Cc1ccc(C(=O)N(C)c2cc(-c3cccc(C)c3)sc2OC(=O)O)cc1. The molecule has 1 aromatic heterocycles. The van der Waals surface area contributed by atoms with E-state index < -0.39 is 6.16 Å². The molecule has 0 spiro atoms. The lowest BCUT2D eigenvalue weighted by molar-refractivity contribution is 0.0991. The molecule has 0 saturated heterocycles. The van der Waals surface area contributed by atoms with Crippen LogP contribution in [0.5, 0.6) is 5.06 Å². The first-order chi connectivity index (χ1) is 12.8. The summed E-state index contributed by atoms with van der Waals surface area (Å²) >= 11 is 1.20. The summed E-state index contributed by atoms with van der Waals surface area (Å²) in [5.74, 6) is -0.237. The highest BCUT2D eigenvalue weighted by molar-refractivity contribution is 7.18. The Morgan fingerprint density at radius 2 is 1.70 bits per heavy atom. The Labute approximate surface area is 161 Å². The molecule has 0 atom stereocenters. The van der Waals surface area contributed by atoms with E-state index in [4.69, 9.17) is 9.84 Å². The molecule has 0 aliphatic heterocycles. The van der Waals surface area contributed by atoms with Crippen molar-refractivity contribution in [3.8, 4) is 15.5 Å². The van der Waals surface area contributed by atoms with Gasteiger partial charge in [-0.1, -0.05) is 58.9 Å². The highest BCUT2D eigenvalue weighted by atomic mass is 32.1. The molecule has 1 amide bonds. The molecule has 0 radical (unpaired) electrons. The summed E-state index contributed by atoms with van der Waals surface area (Å²) in [5, 5.41) is 9.23. The maximum atomic E-state index is 12.8. The Bertz CT molecular complexity index is 992. The van der Waals surface area contributed by atoms with Gasteiger partial charge in [0.1, 0.15) is 0 Å². The van der Waals surface area contributed by atoms with Crippen molar-refractivity contribution in [1.29, 1.82) is 0 Å². The van der Waals surface area contributed by atoms with Gasteiger partial charge in [0.25, 0.3) is 5.91 Å². The van der Waals surface area contributed by atoms with Crippen molar-refractivity contribution in [3.05, 3.63) is 71.3 Å². The third-order valence-electron chi connectivity index (χ3n) is 4.13. The number of benzene rings is 2. The van der Waals surface area contributed by atoms with Crippen LogP contribution in [-0.4, -0.2) is 24.2 Å². The van der Waals surface area contributed by atoms with Crippen LogP contribution < -0.4 is 9.64 Å². The van der Waals surface area contributed by atoms with E-state index in [1.54, 1.807) is 25.2 Å². The lowest BCUT2D eigenvalue weighted by atomic mass is 10.1. The summed E-state index contributed by atoms with van der Waals surface area (Å²) in [5.41, 5.74) is 4.03. The highest BCUT2D eigenvalue weighted by Crippen LogP contribution is 2.43. The molecule has 138 valence electrons. The molecule has 3 aromatic rings. The van der Waals surface area contributed by atoms with Gasteiger partial charge in [-0.2, -0.15) is 0 Å². The number of rotatable bonds is 4. The maximum absolute atomic E-state index is 12.8. The highest BCUT2D eigenvalue weighted by Gasteiger charge is 2.22. The number of aryl methyl sites for hydroxylation is 2. The first-order valence-electron chi connectivity index (χ1n) is 8.31. The fourth-order valence-corrected chi connectivity index (χ4v) is 3.72. The van der Waals surface area contributed by atoms with E-state index >= 15 is 0 Å². The minimum Gasteiger partial charge on any atom is -0.449 e. The first-order valence-corrected chi connectivity index (χ1v) is 9.13. The average Bonchev–Trinajstić information content (AvgIpc) is 3.04. The predicted molar refractivity (Wildman–Crippen MR) is 107 cm³/mol. The summed E-state index contributed by atoms with van der Waals surface area (Å²) in [6.07, 6.45) is -1.41. The number of carbonyl (C=O) groups is 2. The first kappa shape index (κ1) is 18.7. The normalized spacial score (nSPS) is 10.5. The largest absolute Gasteiger partial charge is 0.512 e. The second-order valence-corrected chi connectivity index (χ2v) is 7.27. The molecule has 2 aromatic carbocycles. The van der Waals surface area contributed by atoms with Crippen LogP contribution in [0.25, 0.3) is 10.4 Å². The average molecular weight is 381 g/mol. The molecule has 1 N–H and O–H groups in total. The van der Waals surface area contributed by atoms with E-state index in [9.17, 15) is 9.59 Å². The smallest absolute Gasteiger partial charge is 0.449 e. The number of carbonyl (C=O) groups excluding carboxylic acids is 1. The molecular weight excluding hydrogens is 362 g/mol. The summed E-state index contributed by atoms with van der Waals surface area (Å²) < 4.78 is 4.95. The second kappa shape index (κ2) is 7.63. The number of ether oxygens (including phenoxy) is 1. The molecule has 5 nitrogen and oxygen atoms in total. The number of nitrogens with zero attached hydrogens (tertiary/aromatic N) is 1. The van der Waals surface area contributed by atoms with Crippen molar-refractivity contribution in [1.82, 2.24) is 0 Å². The van der Waals surface area contributed by atoms with Crippen LogP contribution in [0.2, 0.25) is 0 Å². The molecule has 0 bridgehead atoms. The van der Waals surface area contributed by atoms with Crippen LogP contribution in [0.15, 0.2) is 54.6 Å². The summed E-state index contributed by atoms with van der Waals surface area (Å²) in [4.78, 5) is 26.2. The zero-order chi connectivity index (χ0) is 19.6. The van der Waals surface area contributed by atoms with E-state index in [2.05, 4.69) is 0 Å². The zero-order valence-electron chi connectivity index (χ0n) is 15.2. The van der Waals surface area contributed by atoms with Gasteiger partial charge < -0.3 is 14.7 Å². The number of hydrogen-bond acceptors (Lipinski definition) is 4. The standard InChI is InChI=1S/C21H19NO4S/c1-13-7-9-15(10-8-13)19(23)22(3)17-12-18(27-20(17)26-21(24)25)16-6-4-5-14(2)11-16/h4-12H,1-3H3,(H,24,25). The van der Waals surface area contributed by atoms with Crippen molar-refractivity contribution in [3.63, 3.8) is 0 Å².